The van der Waals surface area contributed by atoms with Gasteiger partial charge in [-0.1, -0.05) is 23.3 Å². The zero-order valence-corrected chi connectivity index (χ0v) is 10.6. The molecule has 0 aliphatic rings. The van der Waals surface area contributed by atoms with Crippen LogP contribution in [0.15, 0.2) is 34.7 Å². The molecule has 0 spiro atoms. The van der Waals surface area contributed by atoms with Gasteiger partial charge in [-0.3, -0.25) is 10.1 Å². The summed E-state index contributed by atoms with van der Waals surface area (Å²) in [5.41, 5.74) is 0. The number of rotatable bonds is 6. The molecule has 0 atom stereocenters. The second kappa shape index (κ2) is 6.53. The molecule has 6 nitrogen and oxygen atoms in total. The fourth-order valence-corrected chi connectivity index (χ4v) is 1.47. The van der Waals surface area contributed by atoms with Crippen molar-refractivity contribution in [2.24, 2.45) is 0 Å². The van der Waals surface area contributed by atoms with E-state index < -0.39 is 0 Å². The average molecular weight is 261 g/mol. The van der Waals surface area contributed by atoms with Gasteiger partial charge in [0.05, 0.1) is 6.61 Å². The quantitative estimate of drug-likeness (QED) is 0.806. The van der Waals surface area contributed by atoms with Gasteiger partial charge in [-0.2, -0.15) is 0 Å². The van der Waals surface area contributed by atoms with Gasteiger partial charge in [-0.15, -0.1) is 5.10 Å². The van der Waals surface area contributed by atoms with E-state index in [4.69, 9.17) is 9.15 Å². The first-order valence-electron chi connectivity index (χ1n) is 6.02. The normalized spacial score (nSPS) is 10.2. The van der Waals surface area contributed by atoms with Gasteiger partial charge >= 0.3 is 6.01 Å². The smallest absolute Gasteiger partial charge is 0.322 e. The number of nitrogens with one attached hydrogen (secondary N) is 1. The maximum Gasteiger partial charge on any atom is 0.322 e. The van der Waals surface area contributed by atoms with Crippen molar-refractivity contribution in [3.05, 3.63) is 36.2 Å². The second-order valence-corrected chi connectivity index (χ2v) is 3.94. The molecule has 0 aliphatic heterocycles. The number of hydrogen-bond donors (Lipinski definition) is 1. The van der Waals surface area contributed by atoms with Crippen molar-refractivity contribution in [3.63, 3.8) is 0 Å². The van der Waals surface area contributed by atoms with Crippen molar-refractivity contribution in [1.29, 1.82) is 0 Å². The summed E-state index contributed by atoms with van der Waals surface area (Å²) >= 11 is 0. The fourth-order valence-electron chi connectivity index (χ4n) is 1.47. The largest absolute Gasteiger partial charge is 0.494 e. The summed E-state index contributed by atoms with van der Waals surface area (Å²) in [6.45, 7) is 2.15. The Morgan fingerprint density at radius 3 is 2.79 bits per heavy atom. The summed E-state index contributed by atoms with van der Waals surface area (Å²) in [5, 5.41) is 9.83. The number of hydrogen-bond acceptors (Lipinski definition) is 5. The number of para-hydroxylation sites is 1. The Kier molecular flexibility index (Phi) is 4.49. The molecule has 6 heteroatoms. The number of amides is 1. The molecule has 0 aliphatic carbocycles. The lowest BCUT2D eigenvalue weighted by Gasteiger charge is -2.05. The summed E-state index contributed by atoms with van der Waals surface area (Å²) in [4.78, 5) is 11.5. The molecule has 0 saturated carbocycles. The predicted molar refractivity (Wildman–Crippen MR) is 68.8 cm³/mol. The zero-order chi connectivity index (χ0) is 13.5. The van der Waals surface area contributed by atoms with E-state index >= 15 is 0 Å². The van der Waals surface area contributed by atoms with Gasteiger partial charge in [0.15, 0.2) is 0 Å². The van der Waals surface area contributed by atoms with Crippen LogP contribution in [-0.4, -0.2) is 22.7 Å². The van der Waals surface area contributed by atoms with E-state index in [1.54, 1.807) is 6.92 Å². The van der Waals surface area contributed by atoms with Gasteiger partial charge < -0.3 is 9.15 Å². The molecule has 1 heterocycles. The maximum atomic E-state index is 11.5. The maximum absolute atomic E-state index is 11.5. The zero-order valence-electron chi connectivity index (χ0n) is 10.6. The van der Waals surface area contributed by atoms with Gasteiger partial charge in [-0.05, 0) is 18.6 Å². The highest BCUT2D eigenvalue weighted by molar-refractivity contribution is 5.88. The van der Waals surface area contributed by atoms with Crippen LogP contribution in [0.2, 0.25) is 0 Å². The van der Waals surface area contributed by atoms with Gasteiger partial charge in [0.2, 0.25) is 11.8 Å². The number of ether oxygens (including phenoxy) is 1. The first-order chi connectivity index (χ1) is 9.24. The van der Waals surface area contributed by atoms with Crippen LogP contribution in [0.4, 0.5) is 6.01 Å². The van der Waals surface area contributed by atoms with Crippen molar-refractivity contribution < 1.29 is 13.9 Å². The lowest BCUT2D eigenvalue weighted by Crippen LogP contribution is -2.13. The van der Waals surface area contributed by atoms with Crippen LogP contribution in [0.25, 0.3) is 0 Å². The summed E-state index contributed by atoms with van der Waals surface area (Å²) < 4.78 is 10.5. The van der Waals surface area contributed by atoms with Crippen molar-refractivity contribution in [2.75, 3.05) is 11.9 Å². The van der Waals surface area contributed by atoms with Crippen LogP contribution >= 0.6 is 0 Å². The summed E-state index contributed by atoms with van der Waals surface area (Å²) in [7, 11) is 0. The number of nitrogens with zero attached hydrogens (tertiary/aromatic N) is 2. The van der Waals surface area contributed by atoms with Gasteiger partial charge in [-0.25, -0.2) is 0 Å². The first-order valence-corrected chi connectivity index (χ1v) is 6.02. The first kappa shape index (κ1) is 13.1. The van der Waals surface area contributed by atoms with Crippen LogP contribution in [-0.2, 0) is 4.79 Å². The molecule has 0 radical (unpaired) electrons. The third-order valence-electron chi connectivity index (χ3n) is 2.33. The Morgan fingerprint density at radius 1 is 1.32 bits per heavy atom. The monoisotopic (exact) mass is 261 g/mol. The van der Waals surface area contributed by atoms with Crippen LogP contribution < -0.4 is 10.1 Å². The third-order valence-corrected chi connectivity index (χ3v) is 2.33. The Balaban J connectivity index is 1.64. The van der Waals surface area contributed by atoms with E-state index in [9.17, 15) is 4.79 Å². The van der Waals surface area contributed by atoms with E-state index in [0.29, 0.717) is 25.3 Å². The molecular formula is C13H15N3O3. The van der Waals surface area contributed by atoms with Crippen molar-refractivity contribution in [2.45, 2.75) is 19.8 Å². The molecule has 1 aromatic carbocycles. The van der Waals surface area contributed by atoms with Crippen LogP contribution in [0.3, 0.4) is 0 Å². The van der Waals surface area contributed by atoms with Gasteiger partial charge in [0.25, 0.3) is 0 Å². The molecule has 0 fully saturated rings. The number of benzene rings is 1. The van der Waals surface area contributed by atoms with E-state index in [0.717, 1.165) is 5.75 Å². The Hall–Kier alpha value is -2.37. The molecule has 1 amide bonds. The number of aryl methyl sites for hydroxylation is 1. The molecular weight excluding hydrogens is 246 g/mol. The molecule has 0 unspecified atom stereocenters. The summed E-state index contributed by atoms with van der Waals surface area (Å²) in [6.07, 6.45) is 0.960. The lowest BCUT2D eigenvalue weighted by atomic mass is 10.3. The van der Waals surface area contributed by atoms with Gasteiger partial charge in [0.1, 0.15) is 5.75 Å². The Morgan fingerprint density at radius 2 is 2.11 bits per heavy atom. The van der Waals surface area contributed by atoms with E-state index in [2.05, 4.69) is 15.5 Å². The minimum atomic E-state index is -0.166. The lowest BCUT2D eigenvalue weighted by molar-refractivity contribution is -0.116. The average Bonchev–Trinajstić information content (AvgIpc) is 2.81. The van der Waals surface area contributed by atoms with Crippen LogP contribution in [0, 0.1) is 6.92 Å². The molecule has 19 heavy (non-hydrogen) atoms. The second-order valence-electron chi connectivity index (χ2n) is 3.94. The number of carbonyl (C=O) groups excluding carboxylic acids is 1. The highest BCUT2D eigenvalue weighted by Gasteiger charge is 2.07. The van der Waals surface area contributed by atoms with Gasteiger partial charge in [0, 0.05) is 13.3 Å². The van der Waals surface area contributed by atoms with E-state index in [-0.39, 0.29) is 11.9 Å². The molecule has 1 aromatic heterocycles. The van der Waals surface area contributed by atoms with E-state index in [1.165, 1.54) is 0 Å². The van der Waals surface area contributed by atoms with Crippen LogP contribution in [0.1, 0.15) is 18.7 Å². The molecule has 2 rings (SSSR count). The molecule has 0 saturated heterocycles. The predicted octanol–water partition coefficient (Wildman–Crippen LogP) is 2.18. The highest BCUT2D eigenvalue weighted by Crippen LogP contribution is 2.09. The summed E-state index contributed by atoms with van der Waals surface area (Å²) in [5.74, 6) is 1.05. The minimum absolute atomic E-state index is 0.131. The standard InChI is InChI=1S/C13H15N3O3/c1-10-15-16-13(19-10)14-12(17)8-5-9-18-11-6-3-2-4-7-11/h2-4,6-7H,5,8-9H2,1H3,(H,14,16,17). The number of aromatic nitrogens is 2. The highest BCUT2D eigenvalue weighted by atomic mass is 16.5. The topological polar surface area (TPSA) is 77.2 Å². The molecule has 100 valence electrons. The third kappa shape index (κ3) is 4.42. The number of anilines is 1. The van der Waals surface area contributed by atoms with Crippen LogP contribution in [0.5, 0.6) is 5.75 Å². The van der Waals surface area contributed by atoms with Crippen molar-refractivity contribution >= 4 is 11.9 Å². The SMILES string of the molecule is Cc1nnc(NC(=O)CCCOc2ccccc2)o1. The molecule has 1 N–H and O–H groups in total. The number of carbonyl (C=O) groups is 1. The molecule has 0 bridgehead atoms. The fraction of sp³-hybridized carbons (Fsp3) is 0.308. The summed E-state index contributed by atoms with van der Waals surface area (Å²) in [6, 6.07) is 9.61. The van der Waals surface area contributed by atoms with Crippen molar-refractivity contribution in [3.8, 4) is 5.75 Å². The van der Waals surface area contributed by atoms with E-state index in [1.807, 2.05) is 30.3 Å². The Bertz CT molecular complexity index is 525. The Labute approximate surface area is 110 Å². The minimum Gasteiger partial charge on any atom is -0.494 e. The van der Waals surface area contributed by atoms with Crippen molar-refractivity contribution in [1.82, 2.24) is 10.2 Å². The molecule has 2 aromatic rings.